The van der Waals surface area contributed by atoms with Crippen LogP contribution in [-0.2, 0) is 14.8 Å². The van der Waals surface area contributed by atoms with Gasteiger partial charge in [0.15, 0.2) is 0 Å². The molecular weight excluding hydrogens is 288 g/mol. The van der Waals surface area contributed by atoms with Crippen LogP contribution in [0.3, 0.4) is 0 Å². The van der Waals surface area contributed by atoms with Crippen molar-refractivity contribution in [2.45, 2.75) is 24.0 Å². The molecule has 1 aromatic carbocycles. The Morgan fingerprint density at radius 2 is 1.85 bits per heavy atom. The lowest BCUT2D eigenvalue weighted by Crippen LogP contribution is -2.51. The van der Waals surface area contributed by atoms with E-state index in [0.717, 1.165) is 0 Å². The molecule has 0 aliphatic carbocycles. The van der Waals surface area contributed by atoms with Crippen molar-refractivity contribution < 1.29 is 28.3 Å². The highest BCUT2D eigenvalue weighted by molar-refractivity contribution is 7.89. The van der Waals surface area contributed by atoms with Crippen molar-refractivity contribution in [3.05, 3.63) is 24.3 Å². The fourth-order valence-electron chi connectivity index (χ4n) is 1.43. The Bertz CT molecular complexity index is 555. The largest absolute Gasteiger partial charge is 0.497 e. The maximum Gasteiger partial charge on any atom is 0.264 e. The molecule has 20 heavy (non-hydrogen) atoms. The van der Waals surface area contributed by atoms with E-state index in [1.807, 2.05) is 4.72 Å². The van der Waals surface area contributed by atoms with Crippen LogP contribution in [-0.4, -0.2) is 43.9 Å². The molecule has 1 amide bonds. The van der Waals surface area contributed by atoms with Crippen LogP contribution in [0.2, 0.25) is 0 Å². The van der Waals surface area contributed by atoms with Gasteiger partial charge in [-0.1, -0.05) is 0 Å². The maximum absolute atomic E-state index is 12.0. The molecule has 4 N–H and O–H groups in total. The zero-order valence-corrected chi connectivity index (χ0v) is 11.7. The van der Waals surface area contributed by atoms with Gasteiger partial charge in [-0.25, -0.2) is 13.9 Å². The summed E-state index contributed by atoms with van der Waals surface area (Å²) in [6, 6.07) is 3.96. The highest BCUT2D eigenvalue weighted by Crippen LogP contribution is 2.16. The minimum Gasteiger partial charge on any atom is -0.497 e. The number of aliphatic hydroxyl groups is 1. The van der Waals surface area contributed by atoms with E-state index in [1.54, 1.807) is 0 Å². The lowest BCUT2D eigenvalue weighted by Gasteiger charge is -2.19. The first-order valence-electron chi connectivity index (χ1n) is 5.60. The summed E-state index contributed by atoms with van der Waals surface area (Å²) in [5, 5.41) is 17.9. The average molecular weight is 304 g/mol. The summed E-state index contributed by atoms with van der Waals surface area (Å²) in [5.74, 6) is -0.582. The van der Waals surface area contributed by atoms with Crippen molar-refractivity contribution in [1.82, 2.24) is 10.2 Å². The van der Waals surface area contributed by atoms with Gasteiger partial charge >= 0.3 is 0 Å². The number of hydroxylamine groups is 1. The number of nitrogens with one attached hydrogen (secondary N) is 2. The van der Waals surface area contributed by atoms with Crippen LogP contribution < -0.4 is 14.9 Å². The van der Waals surface area contributed by atoms with Crippen molar-refractivity contribution in [3.8, 4) is 5.75 Å². The molecule has 0 radical (unpaired) electrons. The first kappa shape index (κ1) is 16.4. The number of sulfonamides is 1. The predicted molar refractivity (Wildman–Crippen MR) is 68.7 cm³/mol. The standard InChI is InChI=1S/C11H16N2O6S/c1-7(14)10(11(15)12-16)13-20(17,18)9-5-3-8(19-2)4-6-9/h3-7,10,13-14,16H,1-2H3,(H,12,15)/t7-,10+/m0/s1. The highest BCUT2D eigenvalue weighted by atomic mass is 32.2. The van der Waals surface area contributed by atoms with E-state index < -0.39 is 28.1 Å². The third-order valence-electron chi connectivity index (χ3n) is 2.53. The average Bonchev–Trinajstić information content (AvgIpc) is 2.43. The minimum atomic E-state index is -4.02. The summed E-state index contributed by atoms with van der Waals surface area (Å²) in [6.07, 6.45) is -1.32. The second-order valence-corrected chi connectivity index (χ2v) is 5.71. The highest BCUT2D eigenvalue weighted by Gasteiger charge is 2.29. The third-order valence-corrected chi connectivity index (χ3v) is 3.98. The number of carbonyl (C=O) groups excluding carboxylic acids is 1. The number of benzene rings is 1. The number of amides is 1. The van der Waals surface area contributed by atoms with Gasteiger partial charge < -0.3 is 9.84 Å². The normalized spacial score (nSPS) is 14.4. The molecule has 0 bridgehead atoms. The Morgan fingerprint density at radius 3 is 2.25 bits per heavy atom. The molecule has 112 valence electrons. The van der Waals surface area contributed by atoms with Crippen LogP contribution >= 0.6 is 0 Å². The zero-order chi connectivity index (χ0) is 15.3. The Hall–Kier alpha value is -1.68. The van der Waals surface area contributed by atoms with Crippen LogP contribution in [0.15, 0.2) is 29.2 Å². The van der Waals surface area contributed by atoms with E-state index in [0.29, 0.717) is 5.75 Å². The van der Waals surface area contributed by atoms with Crippen molar-refractivity contribution in [3.63, 3.8) is 0 Å². The van der Waals surface area contributed by atoms with Gasteiger partial charge in [-0.3, -0.25) is 10.0 Å². The van der Waals surface area contributed by atoms with Crippen LogP contribution in [0.4, 0.5) is 0 Å². The SMILES string of the molecule is COc1ccc(S(=O)(=O)N[C@@H](C(=O)NO)[C@H](C)O)cc1. The number of hydrogen-bond acceptors (Lipinski definition) is 6. The Morgan fingerprint density at radius 1 is 1.30 bits per heavy atom. The van der Waals surface area contributed by atoms with Crippen LogP contribution in [0.5, 0.6) is 5.75 Å². The Labute approximate surface area is 116 Å². The molecule has 0 fully saturated rings. The molecule has 0 unspecified atom stereocenters. The van der Waals surface area contributed by atoms with Crippen molar-refractivity contribution in [2.24, 2.45) is 0 Å². The van der Waals surface area contributed by atoms with Crippen molar-refractivity contribution in [1.29, 1.82) is 0 Å². The van der Waals surface area contributed by atoms with E-state index in [2.05, 4.69) is 0 Å². The van der Waals surface area contributed by atoms with Gasteiger partial charge in [-0.2, -0.15) is 4.72 Å². The molecule has 0 saturated heterocycles. The number of methoxy groups -OCH3 is 1. The summed E-state index contributed by atoms with van der Waals surface area (Å²) in [5.41, 5.74) is 1.29. The topological polar surface area (TPSA) is 125 Å². The summed E-state index contributed by atoms with van der Waals surface area (Å²) in [6.45, 7) is 1.22. The molecule has 9 heteroatoms. The molecule has 1 aromatic rings. The van der Waals surface area contributed by atoms with E-state index in [-0.39, 0.29) is 4.90 Å². The van der Waals surface area contributed by atoms with Gasteiger partial charge in [-0.15, -0.1) is 0 Å². The predicted octanol–water partition coefficient (Wildman–Crippen LogP) is -0.772. The summed E-state index contributed by atoms with van der Waals surface area (Å²) < 4.78 is 31.0. The molecule has 0 spiro atoms. The molecule has 1 rings (SSSR count). The zero-order valence-electron chi connectivity index (χ0n) is 10.9. The lowest BCUT2D eigenvalue weighted by atomic mass is 10.2. The number of rotatable bonds is 6. The Kier molecular flexibility index (Phi) is 5.45. The van der Waals surface area contributed by atoms with Gasteiger partial charge in [0.1, 0.15) is 11.8 Å². The smallest absolute Gasteiger partial charge is 0.264 e. The van der Waals surface area contributed by atoms with E-state index in [9.17, 15) is 18.3 Å². The van der Waals surface area contributed by atoms with Gasteiger partial charge in [0.2, 0.25) is 10.0 Å². The van der Waals surface area contributed by atoms with E-state index in [1.165, 1.54) is 43.8 Å². The molecular formula is C11H16N2O6S. The third kappa shape index (κ3) is 3.90. The fourth-order valence-corrected chi connectivity index (χ4v) is 2.70. The molecule has 8 nitrogen and oxygen atoms in total. The first-order chi connectivity index (χ1) is 9.31. The monoisotopic (exact) mass is 304 g/mol. The van der Waals surface area contributed by atoms with Gasteiger partial charge in [0.05, 0.1) is 18.1 Å². The number of aliphatic hydroxyl groups excluding tert-OH is 1. The fraction of sp³-hybridized carbons (Fsp3) is 0.364. The van der Waals surface area contributed by atoms with Crippen molar-refractivity contribution in [2.75, 3.05) is 7.11 Å². The van der Waals surface area contributed by atoms with Crippen LogP contribution in [0.25, 0.3) is 0 Å². The molecule has 0 heterocycles. The molecule has 0 saturated carbocycles. The lowest BCUT2D eigenvalue weighted by molar-refractivity contribution is -0.133. The van der Waals surface area contributed by atoms with Crippen molar-refractivity contribution >= 4 is 15.9 Å². The summed E-state index contributed by atoms with van der Waals surface area (Å²) in [7, 11) is -2.58. The van der Waals surface area contributed by atoms with Gasteiger partial charge in [0, 0.05) is 0 Å². The second kappa shape index (κ2) is 6.66. The van der Waals surface area contributed by atoms with Crippen LogP contribution in [0.1, 0.15) is 6.92 Å². The van der Waals surface area contributed by atoms with Crippen LogP contribution in [0, 0.1) is 0 Å². The summed E-state index contributed by atoms with van der Waals surface area (Å²) in [4.78, 5) is 11.2. The van der Waals surface area contributed by atoms with E-state index in [4.69, 9.17) is 9.94 Å². The van der Waals surface area contributed by atoms with E-state index >= 15 is 0 Å². The second-order valence-electron chi connectivity index (χ2n) is 3.99. The first-order valence-corrected chi connectivity index (χ1v) is 7.08. The van der Waals surface area contributed by atoms with Gasteiger partial charge in [0.25, 0.3) is 5.91 Å². The number of hydrogen-bond donors (Lipinski definition) is 4. The molecule has 0 aliphatic rings. The number of carbonyl (C=O) groups is 1. The molecule has 0 aliphatic heterocycles. The van der Waals surface area contributed by atoms with Gasteiger partial charge in [-0.05, 0) is 31.2 Å². The quantitative estimate of drug-likeness (QED) is 0.404. The Balaban J connectivity index is 3.00. The summed E-state index contributed by atoms with van der Waals surface area (Å²) >= 11 is 0. The maximum atomic E-state index is 12.0. The molecule has 0 aromatic heterocycles. The molecule has 2 atom stereocenters. The number of ether oxygens (including phenoxy) is 1. The minimum absolute atomic E-state index is 0.102.